The molecule has 0 radical (unpaired) electrons. The van der Waals surface area contributed by atoms with Gasteiger partial charge in [0.2, 0.25) is 5.52 Å². The normalized spacial score (nSPS) is 10.5. The van der Waals surface area contributed by atoms with E-state index in [0.29, 0.717) is 0 Å². The minimum atomic E-state index is 0.884. The third-order valence-electron chi connectivity index (χ3n) is 3.76. The highest BCUT2D eigenvalue weighted by molar-refractivity contribution is 7.78. The van der Waals surface area contributed by atoms with Crippen LogP contribution in [-0.4, -0.2) is 5.16 Å². The summed E-state index contributed by atoms with van der Waals surface area (Å²) in [5, 5.41) is 3.67. The Hall–Kier alpha value is -1.57. The minimum Gasteiger partial charge on any atom is -0.196 e. The van der Waals surface area contributed by atoms with Gasteiger partial charge >= 0.3 is 0 Å². The van der Waals surface area contributed by atoms with Crippen LogP contribution in [0.15, 0.2) is 41.5 Å². The Labute approximate surface area is 132 Å². The number of isothiocyanates is 1. The van der Waals surface area contributed by atoms with Crippen molar-refractivity contribution < 1.29 is 4.57 Å². The number of thiocarbonyl (C=S) groups is 1. The number of fused-ring (bicyclic) bond motifs is 1. The molecule has 110 valence electrons. The molecule has 0 atom stereocenters. The quantitative estimate of drug-likeness (QED) is 0.282. The van der Waals surface area contributed by atoms with E-state index in [9.17, 15) is 0 Å². The predicted molar refractivity (Wildman–Crippen MR) is 92.2 cm³/mol. The van der Waals surface area contributed by atoms with Crippen LogP contribution in [0.2, 0.25) is 0 Å². The van der Waals surface area contributed by atoms with Gasteiger partial charge in [-0.05, 0) is 30.8 Å². The molecule has 2 rings (SSSR count). The SMILES string of the molecule is CCCCCCCC[n+]1cc(N=C=S)cc2ccccc21. The second-order valence-corrected chi connectivity index (χ2v) is 5.60. The zero-order valence-electron chi connectivity index (χ0n) is 12.7. The van der Waals surface area contributed by atoms with Crippen LogP contribution < -0.4 is 4.57 Å². The average Bonchev–Trinajstić information content (AvgIpc) is 2.51. The molecule has 1 aromatic carbocycles. The number of rotatable bonds is 8. The van der Waals surface area contributed by atoms with Gasteiger partial charge < -0.3 is 0 Å². The molecule has 0 aliphatic rings. The minimum absolute atomic E-state index is 0.884. The highest BCUT2D eigenvalue weighted by atomic mass is 32.1. The summed E-state index contributed by atoms with van der Waals surface area (Å²) < 4.78 is 2.29. The summed E-state index contributed by atoms with van der Waals surface area (Å²) in [4.78, 5) is 4.13. The summed E-state index contributed by atoms with van der Waals surface area (Å²) in [6, 6.07) is 10.5. The van der Waals surface area contributed by atoms with Gasteiger partial charge in [-0.3, -0.25) is 0 Å². The van der Waals surface area contributed by atoms with Crippen LogP contribution >= 0.6 is 12.2 Å². The van der Waals surface area contributed by atoms with Gasteiger partial charge in [0.1, 0.15) is 12.2 Å². The lowest BCUT2D eigenvalue weighted by Crippen LogP contribution is -2.34. The zero-order valence-corrected chi connectivity index (χ0v) is 13.5. The summed E-state index contributed by atoms with van der Waals surface area (Å²) in [6.07, 6.45) is 9.94. The van der Waals surface area contributed by atoms with Crippen LogP contribution in [0.5, 0.6) is 0 Å². The van der Waals surface area contributed by atoms with Crippen molar-refractivity contribution in [1.82, 2.24) is 0 Å². The van der Waals surface area contributed by atoms with Gasteiger partial charge in [-0.2, -0.15) is 9.56 Å². The number of benzene rings is 1. The number of pyridine rings is 1. The molecular weight excluding hydrogens is 276 g/mol. The molecule has 0 bridgehead atoms. The van der Waals surface area contributed by atoms with Crippen LogP contribution in [0, 0.1) is 0 Å². The molecule has 3 heteroatoms. The lowest BCUT2D eigenvalue weighted by atomic mass is 10.1. The molecule has 0 spiro atoms. The second kappa shape index (κ2) is 8.66. The number of aryl methyl sites for hydroxylation is 1. The first-order valence-corrected chi connectivity index (χ1v) is 8.26. The summed E-state index contributed by atoms with van der Waals surface area (Å²) in [7, 11) is 0. The first kappa shape index (κ1) is 15.8. The fraction of sp³-hybridized carbons (Fsp3) is 0.444. The molecule has 2 nitrogen and oxygen atoms in total. The second-order valence-electron chi connectivity index (χ2n) is 5.42. The smallest absolute Gasteiger partial charge is 0.196 e. The Bertz CT molecular complexity index is 630. The Morgan fingerprint density at radius 1 is 1.10 bits per heavy atom. The predicted octanol–water partition coefficient (Wildman–Crippen LogP) is 5.22. The van der Waals surface area contributed by atoms with Crippen molar-refractivity contribution in [2.75, 3.05) is 0 Å². The van der Waals surface area contributed by atoms with Crippen molar-refractivity contribution in [1.29, 1.82) is 0 Å². The van der Waals surface area contributed by atoms with Crippen molar-refractivity contribution in [3.8, 4) is 0 Å². The van der Waals surface area contributed by atoms with E-state index in [1.54, 1.807) is 0 Å². The lowest BCUT2D eigenvalue weighted by molar-refractivity contribution is -0.671. The van der Waals surface area contributed by atoms with Crippen LogP contribution in [0.1, 0.15) is 45.4 Å². The maximum absolute atomic E-state index is 4.72. The first-order chi connectivity index (χ1) is 10.3. The van der Waals surface area contributed by atoms with Gasteiger partial charge in [0.05, 0.1) is 5.16 Å². The molecule has 1 heterocycles. The largest absolute Gasteiger partial charge is 0.212 e. The van der Waals surface area contributed by atoms with Crippen molar-refractivity contribution in [2.45, 2.75) is 52.0 Å². The Morgan fingerprint density at radius 3 is 2.67 bits per heavy atom. The van der Waals surface area contributed by atoms with Gasteiger partial charge in [-0.15, -0.1) is 0 Å². The van der Waals surface area contributed by atoms with Gasteiger partial charge in [-0.1, -0.05) is 44.7 Å². The molecule has 0 saturated heterocycles. The summed E-state index contributed by atoms with van der Waals surface area (Å²) in [6.45, 7) is 3.29. The number of para-hydroxylation sites is 1. The molecule has 0 unspecified atom stereocenters. The summed E-state index contributed by atoms with van der Waals surface area (Å²) >= 11 is 4.72. The molecule has 0 aliphatic carbocycles. The Kier molecular flexibility index (Phi) is 6.52. The number of hydrogen-bond acceptors (Lipinski definition) is 2. The molecule has 0 N–H and O–H groups in total. The lowest BCUT2D eigenvalue weighted by Gasteiger charge is -2.03. The van der Waals surface area contributed by atoms with Crippen molar-refractivity contribution >= 4 is 34.0 Å². The van der Waals surface area contributed by atoms with Gasteiger partial charge in [-0.25, -0.2) is 0 Å². The van der Waals surface area contributed by atoms with Crippen molar-refractivity contribution in [3.05, 3.63) is 36.5 Å². The third-order valence-corrected chi connectivity index (χ3v) is 3.86. The van der Waals surface area contributed by atoms with E-state index in [0.717, 1.165) is 12.2 Å². The number of aliphatic imine (C=N–C) groups is 1. The van der Waals surface area contributed by atoms with E-state index in [4.69, 9.17) is 12.2 Å². The van der Waals surface area contributed by atoms with Crippen molar-refractivity contribution in [3.63, 3.8) is 0 Å². The molecule has 1 aromatic heterocycles. The molecule has 0 saturated carbocycles. The van der Waals surface area contributed by atoms with E-state index in [-0.39, 0.29) is 0 Å². The van der Waals surface area contributed by atoms with Gasteiger partial charge in [0, 0.05) is 17.9 Å². The maximum atomic E-state index is 4.72. The number of aromatic nitrogens is 1. The van der Waals surface area contributed by atoms with Crippen LogP contribution in [0.3, 0.4) is 0 Å². The molecule has 21 heavy (non-hydrogen) atoms. The van der Waals surface area contributed by atoms with E-state index in [2.05, 4.69) is 58.2 Å². The van der Waals surface area contributed by atoms with E-state index < -0.39 is 0 Å². The highest BCUT2D eigenvalue weighted by Crippen LogP contribution is 2.17. The average molecular weight is 299 g/mol. The third kappa shape index (κ3) is 4.73. The number of unbranched alkanes of at least 4 members (excludes halogenated alkanes) is 5. The van der Waals surface area contributed by atoms with E-state index in [1.165, 1.54) is 49.4 Å². The number of hydrogen-bond donors (Lipinski definition) is 0. The molecule has 0 fully saturated rings. The van der Waals surface area contributed by atoms with E-state index >= 15 is 0 Å². The fourth-order valence-electron chi connectivity index (χ4n) is 2.66. The standard InChI is InChI=1S/C18H23N2S/c1-2-3-4-5-6-9-12-20-14-17(19-15-21)13-16-10-7-8-11-18(16)20/h7-8,10-11,13-14H,2-6,9,12H2,1H3/q+1. The van der Waals surface area contributed by atoms with Crippen LogP contribution in [-0.2, 0) is 6.54 Å². The zero-order chi connectivity index (χ0) is 14.9. The van der Waals surface area contributed by atoms with Gasteiger partial charge in [0.25, 0.3) is 0 Å². The Balaban J connectivity index is 2.08. The van der Waals surface area contributed by atoms with Gasteiger partial charge in [0.15, 0.2) is 6.20 Å². The summed E-state index contributed by atoms with van der Waals surface area (Å²) in [5.74, 6) is 0. The topological polar surface area (TPSA) is 16.2 Å². The fourth-order valence-corrected chi connectivity index (χ4v) is 2.76. The van der Waals surface area contributed by atoms with Crippen molar-refractivity contribution in [2.24, 2.45) is 4.99 Å². The molecular formula is C18H23N2S+. The highest BCUT2D eigenvalue weighted by Gasteiger charge is 2.10. The van der Waals surface area contributed by atoms with Crippen LogP contribution in [0.4, 0.5) is 5.69 Å². The van der Waals surface area contributed by atoms with Crippen LogP contribution in [0.25, 0.3) is 10.9 Å². The molecule has 0 amide bonds. The molecule has 0 aliphatic heterocycles. The maximum Gasteiger partial charge on any atom is 0.212 e. The van der Waals surface area contributed by atoms with E-state index in [1.807, 2.05) is 0 Å². The summed E-state index contributed by atoms with van der Waals surface area (Å²) in [5.41, 5.74) is 2.14. The Morgan fingerprint density at radius 2 is 1.86 bits per heavy atom. The number of nitrogens with zero attached hydrogens (tertiary/aromatic N) is 2. The molecule has 2 aromatic rings. The monoisotopic (exact) mass is 299 g/mol. The first-order valence-electron chi connectivity index (χ1n) is 7.85.